The number of nitrogens with one attached hydrogen (secondary N) is 1. The van der Waals surface area contributed by atoms with E-state index in [2.05, 4.69) is 43.4 Å². The molecule has 0 bridgehead atoms. The van der Waals surface area contributed by atoms with Crippen molar-refractivity contribution in [3.8, 4) is 5.75 Å². The molecule has 0 saturated heterocycles. The Labute approximate surface area is 117 Å². The van der Waals surface area contributed by atoms with Crippen LogP contribution in [-0.2, 0) is 6.54 Å². The average Bonchev–Trinajstić information content (AvgIpc) is 2.65. The number of rotatable bonds is 5. The molecule has 0 aliphatic heterocycles. The van der Waals surface area contributed by atoms with Crippen LogP contribution in [0.15, 0.2) is 24.3 Å². The van der Waals surface area contributed by atoms with E-state index in [1.165, 1.54) is 44.1 Å². The Hall–Kier alpha value is -1.02. The van der Waals surface area contributed by atoms with Gasteiger partial charge in [0.25, 0.3) is 0 Å². The van der Waals surface area contributed by atoms with Crippen molar-refractivity contribution >= 4 is 0 Å². The molecule has 1 aromatic rings. The van der Waals surface area contributed by atoms with Crippen LogP contribution in [0.25, 0.3) is 0 Å². The molecule has 0 heterocycles. The van der Waals surface area contributed by atoms with E-state index in [4.69, 9.17) is 4.74 Å². The van der Waals surface area contributed by atoms with Gasteiger partial charge in [-0.2, -0.15) is 0 Å². The van der Waals surface area contributed by atoms with Gasteiger partial charge in [-0.05, 0) is 43.4 Å². The fourth-order valence-corrected chi connectivity index (χ4v) is 2.60. The predicted molar refractivity (Wildman–Crippen MR) is 80.5 cm³/mol. The minimum absolute atomic E-state index is 0.427. The van der Waals surface area contributed by atoms with Gasteiger partial charge in [-0.25, -0.2) is 0 Å². The maximum Gasteiger partial charge on any atom is 0.120 e. The molecule has 1 saturated carbocycles. The molecule has 106 valence electrons. The Bertz CT molecular complexity index is 367. The van der Waals surface area contributed by atoms with Crippen LogP contribution in [0.2, 0.25) is 0 Å². The van der Waals surface area contributed by atoms with E-state index in [-0.39, 0.29) is 0 Å². The van der Waals surface area contributed by atoms with Crippen molar-refractivity contribution < 1.29 is 4.74 Å². The molecular weight excluding hydrogens is 234 g/mol. The molecule has 2 rings (SSSR count). The zero-order chi connectivity index (χ0) is 13.5. The summed E-state index contributed by atoms with van der Waals surface area (Å²) < 4.78 is 6.15. The first-order chi connectivity index (χ1) is 9.24. The molecule has 19 heavy (non-hydrogen) atoms. The number of hydrogen-bond acceptors (Lipinski definition) is 2. The van der Waals surface area contributed by atoms with Crippen molar-refractivity contribution in [2.45, 2.75) is 71.1 Å². The number of ether oxygens (including phenoxy) is 1. The summed E-state index contributed by atoms with van der Waals surface area (Å²) >= 11 is 0. The predicted octanol–water partition coefficient (Wildman–Crippen LogP) is 4.29. The van der Waals surface area contributed by atoms with Crippen LogP contribution in [0.1, 0.15) is 57.9 Å². The van der Waals surface area contributed by atoms with Crippen molar-refractivity contribution in [2.75, 3.05) is 0 Å². The molecule has 2 nitrogen and oxygen atoms in total. The average molecular weight is 261 g/mol. The minimum Gasteiger partial charge on any atom is -0.490 e. The van der Waals surface area contributed by atoms with E-state index in [0.29, 0.717) is 12.1 Å². The highest BCUT2D eigenvalue weighted by molar-refractivity contribution is 5.28. The molecule has 0 aromatic heterocycles. The van der Waals surface area contributed by atoms with Crippen LogP contribution in [0.5, 0.6) is 5.75 Å². The lowest BCUT2D eigenvalue weighted by Crippen LogP contribution is -2.22. The maximum atomic E-state index is 6.15. The van der Waals surface area contributed by atoms with Crippen LogP contribution in [0, 0.1) is 0 Å². The second-order valence-corrected chi connectivity index (χ2v) is 5.91. The first kappa shape index (κ1) is 14.4. The molecule has 1 aliphatic carbocycles. The lowest BCUT2D eigenvalue weighted by molar-refractivity contribution is 0.183. The first-order valence-electron chi connectivity index (χ1n) is 7.73. The lowest BCUT2D eigenvalue weighted by Gasteiger charge is -2.17. The molecular formula is C17H27NO. The lowest BCUT2D eigenvalue weighted by atomic mass is 10.1. The molecule has 0 amide bonds. The van der Waals surface area contributed by atoms with E-state index < -0.39 is 0 Å². The summed E-state index contributed by atoms with van der Waals surface area (Å²) in [6.07, 6.45) is 8.24. The molecule has 0 radical (unpaired) electrons. The zero-order valence-electron chi connectivity index (χ0n) is 12.3. The third-order valence-electron chi connectivity index (χ3n) is 3.72. The van der Waals surface area contributed by atoms with Crippen LogP contribution in [-0.4, -0.2) is 12.1 Å². The summed E-state index contributed by atoms with van der Waals surface area (Å²) in [7, 11) is 0. The second-order valence-electron chi connectivity index (χ2n) is 5.91. The van der Waals surface area contributed by atoms with E-state index in [0.717, 1.165) is 12.3 Å². The van der Waals surface area contributed by atoms with Gasteiger partial charge in [0.2, 0.25) is 0 Å². The molecule has 1 aliphatic rings. The van der Waals surface area contributed by atoms with E-state index >= 15 is 0 Å². The van der Waals surface area contributed by atoms with Gasteiger partial charge in [0, 0.05) is 12.6 Å². The van der Waals surface area contributed by atoms with Crippen LogP contribution >= 0.6 is 0 Å². The Morgan fingerprint density at radius 3 is 2.58 bits per heavy atom. The quantitative estimate of drug-likeness (QED) is 0.798. The van der Waals surface area contributed by atoms with Crippen molar-refractivity contribution in [2.24, 2.45) is 0 Å². The van der Waals surface area contributed by atoms with E-state index in [1.807, 2.05) is 0 Å². The van der Waals surface area contributed by atoms with E-state index in [1.54, 1.807) is 0 Å². The summed E-state index contributed by atoms with van der Waals surface area (Å²) in [5, 5.41) is 3.45. The maximum absolute atomic E-state index is 6.15. The van der Waals surface area contributed by atoms with Gasteiger partial charge >= 0.3 is 0 Å². The molecule has 1 N–H and O–H groups in total. The summed E-state index contributed by atoms with van der Waals surface area (Å²) in [6, 6.07) is 9.05. The van der Waals surface area contributed by atoms with Crippen LogP contribution in [0.4, 0.5) is 0 Å². The van der Waals surface area contributed by atoms with Gasteiger partial charge in [-0.3, -0.25) is 0 Å². The topological polar surface area (TPSA) is 21.3 Å². The largest absolute Gasteiger partial charge is 0.490 e. The fourth-order valence-electron chi connectivity index (χ4n) is 2.60. The van der Waals surface area contributed by atoms with Gasteiger partial charge in [0.15, 0.2) is 0 Å². The Balaban J connectivity index is 1.90. The standard InChI is InChI=1S/C17H27NO/c1-14(2)18-13-15-8-7-11-17(12-15)19-16-9-5-3-4-6-10-16/h7-8,11-12,14,16,18H,3-6,9-10,13H2,1-2H3. The van der Waals surface area contributed by atoms with Gasteiger partial charge in [0.05, 0.1) is 6.10 Å². The van der Waals surface area contributed by atoms with Crippen molar-refractivity contribution in [1.29, 1.82) is 0 Å². The summed E-state index contributed by atoms with van der Waals surface area (Å²) in [5.41, 5.74) is 1.31. The zero-order valence-corrected chi connectivity index (χ0v) is 12.3. The van der Waals surface area contributed by atoms with Crippen LogP contribution < -0.4 is 10.1 Å². The van der Waals surface area contributed by atoms with E-state index in [9.17, 15) is 0 Å². The molecule has 1 fully saturated rings. The van der Waals surface area contributed by atoms with Gasteiger partial charge in [-0.1, -0.05) is 38.8 Å². The molecule has 0 unspecified atom stereocenters. The smallest absolute Gasteiger partial charge is 0.120 e. The third kappa shape index (κ3) is 5.23. The molecule has 0 spiro atoms. The number of hydrogen-bond donors (Lipinski definition) is 1. The normalized spacial score (nSPS) is 17.4. The van der Waals surface area contributed by atoms with Crippen molar-refractivity contribution in [1.82, 2.24) is 5.32 Å². The highest BCUT2D eigenvalue weighted by Crippen LogP contribution is 2.23. The first-order valence-corrected chi connectivity index (χ1v) is 7.73. The third-order valence-corrected chi connectivity index (χ3v) is 3.72. The monoisotopic (exact) mass is 261 g/mol. The summed E-state index contributed by atoms with van der Waals surface area (Å²) in [6.45, 7) is 5.26. The molecule has 2 heteroatoms. The Morgan fingerprint density at radius 1 is 1.16 bits per heavy atom. The summed E-state index contributed by atoms with van der Waals surface area (Å²) in [4.78, 5) is 0. The Kier molecular flexibility index (Phi) is 5.71. The Morgan fingerprint density at radius 2 is 1.89 bits per heavy atom. The minimum atomic E-state index is 0.427. The molecule has 1 aromatic carbocycles. The fraction of sp³-hybridized carbons (Fsp3) is 0.647. The van der Waals surface area contributed by atoms with Crippen molar-refractivity contribution in [3.63, 3.8) is 0 Å². The number of benzene rings is 1. The molecule has 0 atom stereocenters. The van der Waals surface area contributed by atoms with Crippen molar-refractivity contribution in [3.05, 3.63) is 29.8 Å². The highest BCUT2D eigenvalue weighted by atomic mass is 16.5. The van der Waals surface area contributed by atoms with Gasteiger partial charge in [-0.15, -0.1) is 0 Å². The summed E-state index contributed by atoms with van der Waals surface area (Å²) in [5.74, 6) is 1.04. The SMILES string of the molecule is CC(C)NCc1cccc(OC2CCCCCC2)c1. The highest BCUT2D eigenvalue weighted by Gasteiger charge is 2.13. The van der Waals surface area contributed by atoms with Gasteiger partial charge < -0.3 is 10.1 Å². The van der Waals surface area contributed by atoms with Crippen LogP contribution in [0.3, 0.4) is 0 Å². The second kappa shape index (κ2) is 7.54. The van der Waals surface area contributed by atoms with Gasteiger partial charge in [0.1, 0.15) is 5.75 Å².